The van der Waals surface area contributed by atoms with E-state index in [0.29, 0.717) is 45.6 Å². The minimum atomic E-state index is -1.32. The molecule has 0 radical (unpaired) electrons. The summed E-state index contributed by atoms with van der Waals surface area (Å²) >= 11 is 0. The molecule has 0 aliphatic rings. The van der Waals surface area contributed by atoms with Crippen molar-refractivity contribution in [2.45, 2.75) is 25.6 Å². The molecule has 7 nitrogen and oxygen atoms in total. The number of aliphatic carboxylic acids is 1. The number of carboxylic acid groups (broad SMARTS) is 1. The van der Waals surface area contributed by atoms with Gasteiger partial charge in [-0.05, 0) is 18.7 Å². The number of carboxylic acids is 1. The van der Waals surface area contributed by atoms with Gasteiger partial charge >= 0.3 is 13.1 Å². The first kappa shape index (κ1) is 18.3. The van der Waals surface area contributed by atoms with Gasteiger partial charge in [0.15, 0.2) is 0 Å². The van der Waals surface area contributed by atoms with E-state index in [4.69, 9.17) is 26.6 Å². The van der Waals surface area contributed by atoms with Crippen LogP contribution in [-0.4, -0.2) is 65.9 Å². The van der Waals surface area contributed by atoms with Gasteiger partial charge in [0.05, 0.1) is 0 Å². The van der Waals surface area contributed by atoms with Crippen LogP contribution in [0.4, 0.5) is 0 Å². The summed E-state index contributed by atoms with van der Waals surface area (Å²) < 4.78 is 0. The van der Waals surface area contributed by atoms with E-state index in [9.17, 15) is 4.79 Å². The van der Waals surface area contributed by atoms with Crippen LogP contribution in [-0.2, 0) is 4.79 Å². The Balaban J connectivity index is 4.24. The molecule has 0 heterocycles. The van der Waals surface area contributed by atoms with Crippen molar-refractivity contribution in [1.29, 1.82) is 0 Å². The van der Waals surface area contributed by atoms with Crippen LogP contribution in [0.15, 0.2) is 0 Å². The molecule has 0 aromatic heterocycles. The average molecular weight is 275 g/mol. The maximum atomic E-state index is 10.8. The van der Waals surface area contributed by atoms with E-state index >= 15 is 0 Å². The van der Waals surface area contributed by atoms with Crippen molar-refractivity contribution >= 4 is 13.1 Å². The van der Waals surface area contributed by atoms with Crippen molar-refractivity contribution in [1.82, 2.24) is 4.90 Å². The third-order valence-electron chi connectivity index (χ3n) is 2.95. The van der Waals surface area contributed by atoms with Crippen molar-refractivity contribution in [3.63, 3.8) is 0 Å². The van der Waals surface area contributed by atoms with Gasteiger partial charge in [-0.2, -0.15) is 0 Å². The van der Waals surface area contributed by atoms with Crippen LogP contribution in [0.2, 0.25) is 6.32 Å². The van der Waals surface area contributed by atoms with Crippen LogP contribution < -0.4 is 11.5 Å². The maximum absolute atomic E-state index is 10.8. The predicted octanol–water partition coefficient (Wildman–Crippen LogP) is -1.45. The second kappa shape index (κ2) is 11.2. The summed E-state index contributed by atoms with van der Waals surface area (Å²) in [6.45, 7) is 3.03. The summed E-state index contributed by atoms with van der Waals surface area (Å²) in [5.74, 6) is -0.857. The first-order valence-electron chi connectivity index (χ1n) is 6.70. The zero-order valence-electron chi connectivity index (χ0n) is 11.4. The Bertz CT molecular complexity index is 238. The first-order valence-corrected chi connectivity index (χ1v) is 6.70. The highest BCUT2D eigenvalue weighted by Gasteiger charge is 2.18. The van der Waals surface area contributed by atoms with Crippen molar-refractivity contribution in [2.24, 2.45) is 17.4 Å². The third-order valence-corrected chi connectivity index (χ3v) is 2.95. The highest BCUT2D eigenvalue weighted by Crippen LogP contribution is 2.15. The van der Waals surface area contributed by atoms with Gasteiger partial charge in [-0.3, -0.25) is 4.79 Å². The van der Waals surface area contributed by atoms with E-state index in [1.165, 1.54) is 0 Å². The zero-order valence-corrected chi connectivity index (χ0v) is 11.4. The molecule has 0 aliphatic carbocycles. The molecule has 19 heavy (non-hydrogen) atoms. The molecule has 112 valence electrons. The lowest BCUT2D eigenvalue weighted by Crippen LogP contribution is -2.38. The third kappa shape index (κ3) is 10.9. The van der Waals surface area contributed by atoms with Gasteiger partial charge in [-0.15, -0.1) is 0 Å². The Morgan fingerprint density at radius 1 is 1.21 bits per heavy atom. The number of hydrogen-bond acceptors (Lipinski definition) is 6. The van der Waals surface area contributed by atoms with Gasteiger partial charge in [0.25, 0.3) is 0 Å². The van der Waals surface area contributed by atoms with Crippen LogP contribution >= 0.6 is 0 Å². The van der Waals surface area contributed by atoms with Gasteiger partial charge in [0.2, 0.25) is 0 Å². The average Bonchev–Trinajstić information content (AvgIpc) is 2.28. The summed E-state index contributed by atoms with van der Waals surface area (Å²) in [4.78, 5) is 12.9. The molecule has 0 spiro atoms. The van der Waals surface area contributed by atoms with Crippen LogP contribution in [0.25, 0.3) is 0 Å². The highest BCUT2D eigenvalue weighted by molar-refractivity contribution is 6.40. The van der Waals surface area contributed by atoms with E-state index < -0.39 is 13.1 Å². The lowest BCUT2D eigenvalue weighted by molar-refractivity contribution is -0.138. The summed E-state index contributed by atoms with van der Waals surface area (Å²) in [5, 5.41) is 26.5. The Morgan fingerprint density at radius 2 is 1.79 bits per heavy atom. The van der Waals surface area contributed by atoms with Crippen molar-refractivity contribution < 1.29 is 19.9 Å². The Labute approximate surface area is 114 Å². The second-order valence-electron chi connectivity index (χ2n) is 4.75. The molecule has 0 amide bonds. The van der Waals surface area contributed by atoms with Crippen LogP contribution in [0, 0.1) is 5.92 Å². The van der Waals surface area contributed by atoms with Crippen molar-refractivity contribution in [3.8, 4) is 0 Å². The van der Waals surface area contributed by atoms with Crippen molar-refractivity contribution in [3.05, 3.63) is 0 Å². The van der Waals surface area contributed by atoms with Gasteiger partial charge in [-0.1, -0.05) is 6.42 Å². The fourth-order valence-corrected chi connectivity index (χ4v) is 2.12. The van der Waals surface area contributed by atoms with Crippen LogP contribution in [0.1, 0.15) is 19.3 Å². The summed E-state index contributed by atoms with van der Waals surface area (Å²) in [7, 11) is -1.32. The Kier molecular flexibility index (Phi) is 10.8. The number of carbonyl (C=O) groups is 1. The molecule has 0 saturated carbocycles. The minimum absolute atomic E-state index is 0.0191. The summed E-state index contributed by atoms with van der Waals surface area (Å²) in [6, 6.07) is 0. The van der Waals surface area contributed by atoms with E-state index in [1.54, 1.807) is 0 Å². The molecule has 8 heteroatoms. The fourth-order valence-electron chi connectivity index (χ4n) is 2.12. The van der Waals surface area contributed by atoms with Gasteiger partial charge in [-0.25, -0.2) is 0 Å². The number of nitrogens with zero attached hydrogens (tertiary/aromatic N) is 1. The molecule has 0 fully saturated rings. The molecule has 0 aliphatic heterocycles. The molecule has 0 aromatic rings. The largest absolute Gasteiger partial charge is 0.481 e. The molecule has 7 N–H and O–H groups in total. The van der Waals surface area contributed by atoms with Crippen LogP contribution in [0.5, 0.6) is 0 Å². The van der Waals surface area contributed by atoms with E-state index in [0.717, 1.165) is 0 Å². The Morgan fingerprint density at radius 3 is 2.21 bits per heavy atom. The monoisotopic (exact) mass is 275 g/mol. The first-order chi connectivity index (χ1) is 8.99. The number of rotatable bonds is 12. The van der Waals surface area contributed by atoms with E-state index in [2.05, 4.69) is 4.90 Å². The molecular weight excluding hydrogens is 249 g/mol. The minimum Gasteiger partial charge on any atom is -0.481 e. The molecule has 1 atom stereocenters. The smallest absolute Gasteiger partial charge is 0.451 e. The van der Waals surface area contributed by atoms with Gasteiger partial charge in [0, 0.05) is 39.1 Å². The summed E-state index contributed by atoms with van der Waals surface area (Å²) in [6.07, 6.45) is 1.58. The van der Waals surface area contributed by atoms with Gasteiger partial charge < -0.3 is 31.5 Å². The van der Waals surface area contributed by atoms with E-state index in [1.807, 2.05) is 0 Å². The number of nitrogens with two attached hydrogens (primary N) is 2. The maximum Gasteiger partial charge on any atom is 0.451 e. The molecule has 0 unspecified atom stereocenters. The normalized spacial score (nSPS) is 12.7. The highest BCUT2D eigenvalue weighted by atomic mass is 16.4. The fraction of sp³-hybridized carbons (Fsp3) is 0.909. The summed E-state index contributed by atoms with van der Waals surface area (Å²) in [5.41, 5.74) is 11.0. The SMILES string of the molecule is NCCN(CCN)C[C@H](CCCB(O)O)CC(=O)O. The molecule has 0 rings (SSSR count). The molecule has 0 saturated heterocycles. The standard InChI is InChI=1S/C11H26BN3O4/c13-4-6-15(7-5-14)9-10(8-11(16)17)2-1-3-12(18)19/h10,18-19H,1-9,13-14H2,(H,16,17)/t10-/m1/s1. The van der Waals surface area contributed by atoms with Gasteiger partial charge in [0.1, 0.15) is 0 Å². The van der Waals surface area contributed by atoms with Crippen LogP contribution in [0.3, 0.4) is 0 Å². The molecule has 0 aromatic carbocycles. The predicted molar refractivity (Wildman–Crippen MR) is 74.5 cm³/mol. The quantitative estimate of drug-likeness (QED) is 0.275. The zero-order chi connectivity index (χ0) is 14.7. The second-order valence-corrected chi connectivity index (χ2v) is 4.75. The van der Waals surface area contributed by atoms with E-state index in [-0.39, 0.29) is 18.7 Å². The molecule has 0 bridgehead atoms. The van der Waals surface area contributed by atoms with Crippen molar-refractivity contribution in [2.75, 3.05) is 32.7 Å². The lowest BCUT2D eigenvalue weighted by atomic mass is 9.82. The Hall–Kier alpha value is -0.665. The lowest BCUT2D eigenvalue weighted by Gasteiger charge is -2.26. The molecular formula is C11H26BN3O4. The topological polar surface area (TPSA) is 133 Å². The number of hydrogen-bond donors (Lipinski definition) is 5.